The van der Waals surface area contributed by atoms with Crippen LogP contribution in [0.1, 0.15) is 49.3 Å². The zero-order chi connectivity index (χ0) is 21.1. The number of carboxylic acid groups (broad SMARTS) is 1. The molecule has 1 fully saturated rings. The molecular weight excluding hydrogens is 410 g/mol. The van der Waals surface area contributed by atoms with Crippen LogP contribution in [0.5, 0.6) is 5.75 Å². The van der Waals surface area contributed by atoms with E-state index < -0.39 is 5.97 Å². The normalized spacial score (nSPS) is 17.4. The fourth-order valence-corrected chi connectivity index (χ4v) is 4.52. The van der Waals surface area contributed by atoms with Crippen LogP contribution >= 0.6 is 12.4 Å². The molecule has 166 valence electrons. The van der Waals surface area contributed by atoms with Gasteiger partial charge in [0.05, 0.1) is 12.5 Å². The zero-order valence-corrected chi connectivity index (χ0v) is 19.2. The molecule has 1 N–H and O–H groups in total. The van der Waals surface area contributed by atoms with E-state index in [0.29, 0.717) is 25.6 Å². The summed E-state index contributed by atoms with van der Waals surface area (Å²) in [6.07, 6.45) is 3.06. The number of likely N-dealkylation sites (tertiary alicyclic amines) is 1. The number of fused-ring (bicyclic) bond motifs is 1. The quantitative estimate of drug-likeness (QED) is 0.594. The Morgan fingerprint density at radius 2 is 1.90 bits per heavy atom. The van der Waals surface area contributed by atoms with E-state index in [1.54, 1.807) is 0 Å². The summed E-state index contributed by atoms with van der Waals surface area (Å²) in [7, 11) is 0. The molecule has 1 heterocycles. The van der Waals surface area contributed by atoms with E-state index in [-0.39, 0.29) is 18.3 Å². The molecule has 31 heavy (non-hydrogen) atoms. The Morgan fingerprint density at radius 3 is 2.61 bits per heavy atom. The summed E-state index contributed by atoms with van der Waals surface area (Å²) < 4.78 is 6.07. The summed E-state index contributed by atoms with van der Waals surface area (Å²) in [5.74, 6) is 0.582. The summed E-state index contributed by atoms with van der Waals surface area (Å²) in [4.78, 5) is 13.3. The predicted molar refractivity (Wildman–Crippen MR) is 127 cm³/mol. The number of carboxylic acids is 1. The molecule has 0 spiro atoms. The van der Waals surface area contributed by atoms with Gasteiger partial charge >= 0.3 is 5.97 Å². The van der Waals surface area contributed by atoms with Crippen LogP contribution in [0, 0.1) is 5.92 Å². The summed E-state index contributed by atoms with van der Waals surface area (Å²) in [5.41, 5.74) is 6.82. The summed E-state index contributed by atoms with van der Waals surface area (Å²) in [5, 5.41) is 9.06. The van der Waals surface area contributed by atoms with Gasteiger partial charge in [-0.1, -0.05) is 48.9 Å². The third kappa shape index (κ3) is 5.50. The van der Waals surface area contributed by atoms with E-state index in [1.807, 2.05) is 0 Å². The Labute approximate surface area is 191 Å². The largest absolute Gasteiger partial charge is 0.494 e. The van der Waals surface area contributed by atoms with Crippen LogP contribution in [0.25, 0.3) is 5.57 Å². The van der Waals surface area contributed by atoms with E-state index >= 15 is 0 Å². The summed E-state index contributed by atoms with van der Waals surface area (Å²) >= 11 is 0. The second-order valence-electron chi connectivity index (χ2n) is 8.73. The third-order valence-electron chi connectivity index (χ3n) is 6.62. The van der Waals surface area contributed by atoms with Gasteiger partial charge in [-0.3, -0.25) is 9.69 Å². The van der Waals surface area contributed by atoms with E-state index in [2.05, 4.69) is 67.3 Å². The zero-order valence-electron chi connectivity index (χ0n) is 18.3. The molecule has 0 radical (unpaired) electrons. The first-order valence-electron chi connectivity index (χ1n) is 11.0. The maximum Gasteiger partial charge on any atom is 0.309 e. The highest BCUT2D eigenvalue weighted by Crippen LogP contribution is 2.34. The molecule has 2 aromatic carbocycles. The molecule has 1 atom stereocenters. The van der Waals surface area contributed by atoms with E-state index in [0.717, 1.165) is 31.6 Å². The number of aliphatic carboxylic acids is 1. The number of aryl methyl sites for hydroxylation is 1. The Morgan fingerprint density at radius 1 is 1.16 bits per heavy atom. The van der Waals surface area contributed by atoms with Crippen molar-refractivity contribution in [2.45, 2.75) is 39.0 Å². The number of hydrogen-bond donors (Lipinski definition) is 1. The molecule has 5 heteroatoms. The number of halogens is 1. The lowest BCUT2D eigenvalue weighted by atomic mass is 9.85. The van der Waals surface area contributed by atoms with Crippen molar-refractivity contribution in [3.05, 3.63) is 70.8 Å². The van der Waals surface area contributed by atoms with Crippen molar-refractivity contribution in [3.8, 4) is 5.75 Å². The number of hydrogen-bond acceptors (Lipinski definition) is 3. The monoisotopic (exact) mass is 441 g/mol. The average Bonchev–Trinajstić information content (AvgIpc) is 2.72. The minimum Gasteiger partial charge on any atom is -0.494 e. The summed E-state index contributed by atoms with van der Waals surface area (Å²) in [6, 6.07) is 17.1. The van der Waals surface area contributed by atoms with Crippen LogP contribution in [0.4, 0.5) is 0 Å². The fourth-order valence-electron chi connectivity index (χ4n) is 4.52. The molecule has 1 saturated heterocycles. The van der Waals surface area contributed by atoms with Gasteiger partial charge in [0.25, 0.3) is 0 Å². The van der Waals surface area contributed by atoms with Crippen LogP contribution in [0.15, 0.2) is 54.1 Å². The lowest BCUT2D eigenvalue weighted by Gasteiger charge is -2.38. The second-order valence-corrected chi connectivity index (χ2v) is 8.73. The van der Waals surface area contributed by atoms with Gasteiger partial charge in [-0.25, -0.2) is 0 Å². The van der Waals surface area contributed by atoms with Crippen molar-refractivity contribution in [2.24, 2.45) is 5.92 Å². The van der Waals surface area contributed by atoms with Crippen molar-refractivity contribution >= 4 is 23.9 Å². The van der Waals surface area contributed by atoms with E-state index in [1.165, 1.54) is 27.8 Å². The standard InChI is InChI=1S/C26H31NO3.ClH/c1-18(20-6-4-3-5-7-20)12-13-30-24-10-11-25-19(2)22(9-8-21(25)14-24)15-27-16-23(17-27)26(28)29;/h3-7,10-11,14,18,23H,8-9,12-13,15-17H2,1-2H3,(H,28,29);1H. The first kappa shape index (κ1) is 23.4. The van der Waals surface area contributed by atoms with Gasteiger partial charge in [0.2, 0.25) is 0 Å². The van der Waals surface area contributed by atoms with Gasteiger partial charge in [-0.2, -0.15) is 0 Å². The molecule has 2 aromatic rings. The van der Waals surface area contributed by atoms with Crippen molar-refractivity contribution in [2.75, 3.05) is 26.2 Å². The molecule has 1 unspecified atom stereocenters. The molecule has 0 amide bonds. The second kappa shape index (κ2) is 10.3. The highest BCUT2D eigenvalue weighted by Gasteiger charge is 2.33. The number of benzene rings is 2. The van der Waals surface area contributed by atoms with Crippen LogP contribution < -0.4 is 4.74 Å². The van der Waals surface area contributed by atoms with Crippen molar-refractivity contribution in [1.29, 1.82) is 0 Å². The minimum absolute atomic E-state index is 0. The maximum atomic E-state index is 11.0. The predicted octanol–water partition coefficient (Wildman–Crippen LogP) is 5.42. The van der Waals surface area contributed by atoms with Gasteiger partial charge in [-0.05, 0) is 66.5 Å². The van der Waals surface area contributed by atoms with Gasteiger partial charge < -0.3 is 9.84 Å². The smallest absolute Gasteiger partial charge is 0.309 e. The minimum atomic E-state index is -0.670. The topological polar surface area (TPSA) is 49.8 Å². The molecule has 4 rings (SSSR count). The summed E-state index contributed by atoms with van der Waals surface area (Å²) in [6.45, 7) is 7.40. The molecule has 0 aromatic heterocycles. The Bertz CT molecular complexity index is 935. The van der Waals surface area contributed by atoms with E-state index in [4.69, 9.17) is 9.84 Å². The highest BCUT2D eigenvalue weighted by molar-refractivity contribution is 5.85. The van der Waals surface area contributed by atoms with Crippen LogP contribution in [0.3, 0.4) is 0 Å². The molecule has 1 aliphatic heterocycles. The number of rotatable bonds is 8. The molecule has 0 bridgehead atoms. The Balaban J connectivity index is 0.00000272. The first-order chi connectivity index (χ1) is 14.5. The Hall–Kier alpha value is -2.30. The van der Waals surface area contributed by atoms with Crippen LogP contribution in [0.2, 0.25) is 0 Å². The molecular formula is C26H32ClNO3. The van der Waals surface area contributed by atoms with Crippen LogP contribution in [-0.2, 0) is 11.2 Å². The third-order valence-corrected chi connectivity index (χ3v) is 6.62. The van der Waals surface area contributed by atoms with E-state index in [9.17, 15) is 4.79 Å². The van der Waals surface area contributed by atoms with Gasteiger partial charge in [0.1, 0.15) is 5.75 Å². The van der Waals surface area contributed by atoms with Gasteiger partial charge in [-0.15, -0.1) is 12.4 Å². The lowest BCUT2D eigenvalue weighted by Crippen LogP contribution is -2.50. The maximum absolute atomic E-state index is 11.0. The van der Waals surface area contributed by atoms with Gasteiger partial charge in [0, 0.05) is 19.6 Å². The Kier molecular flexibility index (Phi) is 7.79. The van der Waals surface area contributed by atoms with Gasteiger partial charge in [0.15, 0.2) is 0 Å². The number of allylic oxidation sites excluding steroid dienone is 1. The average molecular weight is 442 g/mol. The van der Waals surface area contributed by atoms with Crippen molar-refractivity contribution in [1.82, 2.24) is 4.90 Å². The number of ether oxygens (including phenoxy) is 1. The molecule has 1 aliphatic carbocycles. The molecule has 2 aliphatic rings. The van der Waals surface area contributed by atoms with Crippen LogP contribution in [-0.4, -0.2) is 42.2 Å². The van der Waals surface area contributed by atoms with Crippen molar-refractivity contribution in [3.63, 3.8) is 0 Å². The number of carbonyl (C=O) groups is 1. The molecule has 4 nitrogen and oxygen atoms in total. The molecule has 0 saturated carbocycles. The first-order valence-corrected chi connectivity index (χ1v) is 11.0. The highest BCUT2D eigenvalue weighted by atomic mass is 35.5. The number of nitrogens with zero attached hydrogens (tertiary/aromatic N) is 1. The SMILES string of the molecule is CC1=C(CN2CC(C(=O)O)C2)CCc2cc(OCCC(C)c3ccccc3)ccc21.Cl. The lowest BCUT2D eigenvalue weighted by molar-refractivity contribution is -0.147. The fraction of sp³-hybridized carbons (Fsp3) is 0.423. The van der Waals surface area contributed by atoms with Crippen molar-refractivity contribution < 1.29 is 14.6 Å².